The average molecular weight is 472 g/mol. The Balaban J connectivity index is 1.87. The number of aromatic carboxylic acids is 1. The maximum atomic E-state index is 12.7. The highest BCUT2D eigenvalue weighted by Gasteiger charge is 2.34. The molecule has 4 rings (SSSR count). The van der Waals surface area contributed by atoms with Gasteiger partial charge in [0.2, 0.25) is 5.91 Å². The van der Waals surface area contributed by atoms with Crippen LogP contribution in [0.15, 0.2) is 42.5 Å². The first kappa shape index (κ1) is 22.2. The zero-order valence-electron chi connectivity index (χ0n) is 17.8. The number of fused-ring (bicyclic) bond motifs is 1. The fraction of sp³-hybridized carbons (Fsp3) is 0.250. The number of benzene rings is 2. The molecule has 1 atom stereocenters. The molecule has 0 saturated carbocycles. The summed E-state index contributed by atoms with van der Waals surface area (Å²) in [5, 5.41) is 13.4. The van der Waals surface area contributed by atoms with Gasteiger partial charge in [-0.15, -0.1) is 11.3 Å². The molecule has 0 radical (unpaired) electrons. The quantitative estimate of drug-likeness (QED) is 0.458. The molecule has 8 heteroatoms. The van der Waals surface area contributed by atoms with Gasteiger partial charge in [-0.1, -0.05) is 29.8 Å². The van der Waals surface area contributed by atoms with Gasteiger partial charge in [-0.25, -0.2) is 4.79 Å². The lowest BCUT2D eigenvalue weighted by molar-refractivity contribution is -0.116. The minimum Gasteiger partial charge on any atom is -0.493 e. The molecule has 6 nitrogen and oxygen atoms in total. The van der Waals surface area contributed by atoms with Crippen LogP contribution < -0.4 is 14.8 Å². The largest absolute Gasteiger partial charge is 0.493 e. The summed E-state index contributed by atoms with van der Waals surface area (Å²) < 4.78 is 11.3. The molecular weight excluding hydrogens is 450 g/mol. The van der Waals surface area contributed by atoms with Crippen molar-refractivity contribution >= 4 is 40.5 Å². The summed E-state index contributed by atoms with van der Waals surface area (Å²) in [7, 11) is 1.57. The van der Waals surface area contributed by atoms with Crippen molar-refractivity contribution in [2.45, 2.75) is 32.3 Å². The second-order valence-corrected chi connectivity index (χ2v) is 9.23. The molecule has 2 aromatic carbocycles. The van der Waals surface area contributed by atoms with Crippen molar-refractivity contribution in [2.75, 3.05) is 12.4 Å². The minimum atomic E-state index is -1.04. The Morgan fingerprint density at radius 1 is 1.19 bits per heavy atom. The van der Waals surface area contributed by atoms with Crippen LogP contribution in [0, 0.1) is 0 Å². The first-order valence-corrected chi connectivity index (χ1v) is 11.3. The standard InChI is InChI=1S/C24H22ClNO5S/c1-12(2)31-18-10-14(6-9-17(18)30-3)16-11-19(27)26-21-20(13-4-7-15(25)8-5-13)23(24(28)29)32-22(16)21/h4-10,12,16H,11H2,1-3H3,(H,26,27)(H,28,29)/t16-/m0/s1. The highest BCUT2D eigenvalue weighted by molar-refractivity contribution is 7.15. The number of hydrogen-bond donors (Lipinski definition) is 2. The van der Waals surface area contributed by atoms with Gasteiger partial charge in [-0.2, -0.15) is 0 Å². The van der Waals surface area contributed by atoms with Crippen LogP contribution in [0.3, 0.4) is 0 Å². The Kier molecular flexibility index (Phi) is 6.13. The molecule has 1 amide bonds. The van der Waals surface area contributed by atoms with E-state index in [1.807, 2.05) is 32.0 Å². The van der Waals surface area contributed by atoms with Gasteiger partial charge in [-0.05, 0) is 49.2 Å². The number of anilines is 1. The van der Waals surface area contributed by atoms with E-state index in [9.17, 15) is 14.7 Å². The first-order chi connectivity index (χ1) is 15.3. The topological polar surface area (TPSA) is 84.9 Å². The SMILES string of the molecule is COc1ccc([C@@H]2CC(=O)Nc3c2sc(C(=O)O)c3-c2ccc(Cl)cc2)cc1OC(C)C. The molecule has 0 fully saturated rings. The molecule has 32 heavy (non-hydrogen) atoms. The van der Waals surface area contributed by atoms with E-state index in [2.05, 4.69) is 5.32 Å². The normalized spacial score (nSPS) is 15.3. The third-order valence-corrected chi connectivity index (χ3v) is 6.73. The van der Waals surface area contributed by atoms with Gasteiger partial charge >= 0.3 is 5.97 Å². The summed E-state index contributed by atoms with van der Waals surface area (Å²) >= 11 is 7.20. The molecule has 166 valence electrons. The number of thiophene rings is 1. The van der Waals surface area contributed by atoms with E-state index in [1.165, 1.54) is 11.3 Å². The number of hydrogen-bond acceptors (Lipinski definition) is 5. The lowest BCUT2D eigenvalue weighted by atomic mass is 9.88. The predicted octanol–water partition coefficient (Wildman–Crippen LogP) is 6.04. The van der Waals surface area contributed by atoms with E-state index in [0.29, 0.717) is 33.3 Å². The van der Waals surface area contributed by atoms with Crippen LogP contribution in [0.4, 0.5) is 5.69 Å². The molecule has 0 aliphatic carbocycles. The number of amides is 1. The molecule has 0 bridgehead atoms. The van der Waals surface area contributed by atoms with Crippen molar-refractivity contribution in [3.05, 3.63) is 62.8 Å². The second kappa shape index (κ2) is 8.84. The molecule has 0 unspecified atom stereocenters. The summed E-state index contributed by atoms with van der Waals surface area (Å²) in [5.74, 6) is -0.332. The third kappa shape index (κ3) is 4.18. The number of carboxylic acid groups (broad SMARTS) is 1. The zero-order chi connectivity index (χ0) is 23.0. The molecule has 1 aliphatic rings. The number of ether oxygens (including phenoxy) is 2. The number of carbonyl (C=O) groups excluding carboxylic acids is 1. The van der Waals surface area contributed by atoms with E-state index in [-0.39, 0.29) is 29.2 Å². The summed E-state index contributed by atoms with van der Waals surface area (Å²) in [6.07, 6.45) is 0.154. The summed E-state index contributed by atoms with van der Waals surface area (Å²) in [4.78, 5) is 25.8. The number of carbonyl (C=O) groups is 2. The number of rotatable bonds is 6. The maximum absolute atomic E-state index is 12.7. The summed E-state index contributed by atoms with van der Waals surface area (Å²) in [5.41, 5.74) is 2.58. The Morgan fingerprint density at radius 2 is 1.91 bits per heavy atom. The van der Waals surface area contributed by atoms with Gasteiger partial charge in [0.25, 0.3) is 0 Å². The molecule has 2 heterocycles. The molecule has 2 N–H and O–H groups in total. The summed E-state index contributed by atoms with van der Waals surface area (Å²) in [6.45, 7) is 3.85. The Bertz CT molecular complexity index is 1190. The highest BCUT2D eigenvalue weighted by atomic mass is 35.5. The van der Waals surface area contributed by atoms with Crippen LogP contribution in [0.5, 0.6) is 11.5 Å². The van der Waals surface area contributed by atoms with Gasteiger partial charge in [0.1, 0.15) is 4.88 Å². The number of halogens is 1. The van der Waals surface area contributed by atoms with Crippen LogP contribution in [0.25, 0.3) is 11.1 Å². The van der Waals surface area contributed by atoms with Crippen molar-refractivity contribution in [3.8, 4) is 22.6 Å². The minimum absolute atomic E-state index is 0.0544. The summed E-state index contributed by atoms with van der Waals surface area (Å²) in [6, 6.07) is 12.5. The molecule has 1 aliphatic heterocycles. The molecular formula is C24H22ClNO5S. The Morgan fingerprint density at radius 3 is 2.53 bits per heavy atom. The fourth-order valence-corrected chi connectivity index (χ4v) is 5.23. The van der Waals surface area contributed by atoms with Crippen LogP contribution in [-0.4, -0.2) is 30.2 Å². The van der Waals surface area contributed by atoms with Crippen molar-refractivity contribution in [1.82, 2.24) is 0 Å². The monoisotopic (exact) mass is 471 g/mol. The van der Waals surface area contributed by atoms with Crippen LogP contribution in [0.2, 0.25) is 5.02 Å². The lowest BCUT2D eigenvalue weighted by Crippen LogP contribution is -2.22. The van der Waals surface area contributed by atoms with Crippen molar-refractivity contribution in [1.29, 1.82) is 0 Å². The van der Waals surface area contributed by atoms with Crippen LogP contribution >= 0.6 is 22.9 Å². The molecule has 1 aromatic heterocycles. The van der Waals surface area contributed by atoms with E-state index in [4.69, 9.17) is 21.1 Å². The highest BCUT2D eigenvalue weighted by Crippen LogP contribution is 2.50. The van der Waals surface area contributed by atoms with Crippen molar-refractivity contribution in [2.24, 2.45) is 0 Å². The Hall–Kier alpha value is -3.03. The molecule has 0 saturated heterocycles. The smallest absolute Gasteiger partial charge is 0.346 e. The van der Waals surface area contributed by atoms with Gasteiger partial charge in [-0.3, -0.25) is 4.79 Å². The Labute approximate surface area is 194 Å². The number of nitrogens with one attached hydrogen (secondary N) is 1. The molecule has 3 aromatic rings. The van der Waals surface area contributed by atoms with Gasteiger partial charge in [0.15, 0.2) is 11.5 Å². The maximum Gasteiger partial charge on any atom is 0.346 e. The van der Waals surface area contributed by atoms with Gasteiger partial charge < -0.3 is 19.9 Å². The van der Waals surface area contributed by atoms with Crippen molar-refractivity contribution < 1.29 is 24.2 Å². The zero-order valence-corrected chi connectivity index (χ0v) is 19.3. The number of carboxylic acids is 1. The first-order valence-electron chi connectivity index (χ1n) is 10.1. The average Bonchev–Trinajstić information content (AvgIpc) is 3.13. The van der Waals surface area contributed by atoms with E-state index in [0.717, 1.165) is 10.4 Å². The van der Waals surface area contributed by atoms with Crippen LogP contribution in [0.1, 0.15) is 46.3 Å². The molecule has 0 spiro atoms. The fourth-order valence-electron chi connectivity index (χ4n) is 3.85. The van der Waals surface area contributed by atoms with Crippen LogP contribution in [-0.2, 0) is 4.79 Å². The van der Waals surface area contributed by atoms with Gasteiger partial charge in [0, 0.05) is 27.8 Å². The lowest BCUT2D eigenvalue weighted by Gasteiger charge is -2.25. The van der Waals surface area contributed by atoms with Crippen molar-refractivity contribution in [3.63, 3.8) is 0 Å². The van der Waals surface area contributed by atoms with Gasteiger partial charge in [0.05, 0.1) is 18.9 Å². The third-order valence-electron chi connectivity index (χ3n) is 5.19. The van der Waals surface area contributed by atoms with E-state index < -0.39 is 5.97 Å². The predicted molar refractivity (Wildman–Crippen MR) is 126 cm³/mol. The second-order valence-electron chi connectivity index (χ2n) is 7.74. The van der Waals surface area contributed by atoms with E-state index in [1.54, 1.807) is 31.4 Å². The number of methoxy groups -OCH3 is 1. The van der Waals surface area contributed by atoms with E-state index >= 15 is 0 Å².